The Labute approximate surface area is 108 Å². The molecule has 18 heavy (non-hydrogen) atoms. The number of hydrogen-bond donors (Lipinski definition) is 1. The minimum absolute atomic E-state index is 0.00792. The van der Waals surface area contributed by atoms with Gasteiger partial charge in [0.25, 0.3) is 0 Å². The van der Waals surface area contributed by atoms with E-state index in [1.54, 1.807) is 0 Å². The third-order valence-corrected chi connectivity index (χ3v) is 3.49. The van der Waals surface area contributed by atoms with Crippen molar-refractivity contribution in [3.05, 3.63) is 29.8 Å². The van der Waals surface area contributed by atoms with E-state index in [9.17, 15) is 5.26 Å². The van der Waals surface area contributed by atoms with Crippen LogP contribution in [-0.4, -0.2) is 11.2 Å². The van der Waals surface area contributed by atoms with E-state index in [0.29, 0.717) is 0 Å². The van der Waals surface area contributed by atoms with Crippen LogP contribution in [0.3, 0.4) is 0 Å². The first-order valence-corrected chi connectivity index (χ1v) is 6.59. The van der Waals surface area contributed by atoms with Crippen molar-refractivity contribution in [2.45, 2.75) is 44.8 Å². The Balaban J connectivity index is 2.08. The normalized spacial score (nSPS) is 24.0. The van der Waals surface area contributed by atoms with E-state index < -0.39 is 0 Å². The molecule has 0 bridgehead atoms. The summed E-state index contributed by atoms with van der Waals surface area (Å²) in [6.07, 6.45) is 5.31. The molecule has 1 N–H and O–H groups in total. The molecule has 0 saturated heterocycles. The summed E-state index contributed by atoms with van der Waals surface area (Å²) in [5.41, 5.74) is 0.842. The number of benzene rings is 1. The van der Waals surface area contributed by atoms with E-state index in [4.69, 9.17) is 9.84 Å². The van der Waals surface area contributed by atoms with E-state index in [2.05, 4.69) is 6.07 Å². The summed E-state index contributed by atoms with van der Waals surface area (Å²) >= 11 is 0. The van der Waals surface area contributed by atoms with Gasteiger partial charge in [0.2, 0.25) is 0 Å². The fraction of sp³-hybridized carbons (Fsp3) is 0.533. The second-order valence-electron chi connectivity index (χ2n) is 4.84. The zero-order chi connectivity index (χ0) is 12.8. The lowest BCUT2D eigenvalue weighted by Gasteiger charge is -2.21. The minimum atomic E-state index is -0.00900. The Morgan fingerprint density at radius 3 is 2.89 bits per heavy atom. The van der Waals surface area contributed by atoms with Gasteiger partial charge >= 0.3 is 0 Å². The zero-order valence-electron chi connectivity index (χ0n) is 10.5. The lowest BCUT2D eigenvalue weighted by atomic mass is 9.99. The number of ether oxygens (including phenoxy) is 1. The standard InChI is InChI=1S/C15H19NO2/c16-10-13-6-2-1-3-8-15(13)18-14-7-4-5-12(9-14)11-17/h4-5,7,9,13,15,17H,1-3,6,8,11H2. The molecule has 2 rings (SSSR count). The van der Waals surface area contributed by atoms with Crippen LogP contribution in [0.2, 0.25) is 0 Å². The van der Waals surface area contributed by atoms with E-state index in [1.807, 2.05) is 24.3 Å². The summed E-state index contributed by atoms with van der Waals surface area (Å²) in [7, 11) is 0. The van der Waals surface area contributed by atoms with Crippen molar-refractivity contribution in [1.82, 2.24) is 0 Å². The largest absolute Gasteiger partial charge is 0.489 e. The molecular weight excluding hydrogens is 226 g/mol. The van der Waals surface area contributed by atoms with Crippen LogP contribution >= 0.6 is 0 Å². The Bertz CT molecular complexity index is 425. The van der Waals surface area contributed by atoms with Crippen LogP contribution in [-0.2, 0) is 6.61 Å². The van der Waals surface area contributed by atoms with Gasteiger partial charge in [-0.3, -0.25) is 0 Å². The van der Waals surface area contributed by atoms with Crippen LogP contribution in [0.15, 0.2) is 24.3 Å². The van der Waals surface area contributed by atoms with E-state index in [0.717, 1.165) is 37.0 Å². The second kappa shape index (κ2) is 6.42. The summed E-state index contributed by atoms with van der Waals surface area (Å²) in [6, 6.07) is 9.84. The number of aliphatic hydroxyl groups excluding tert-OH is 1. The van der Waals surface area contributed by atoms with Gasteiger partial charge in [-0.15, -0.1) is 0 Å². The number of nitrogens with zero attached hydrogens (tertiary/aromatic N) is 1. The van der Waals surface area contributed by atoms with Gasteiger partial charge in [-0.05, 0) is 37.0 Å². The summed E-state index contributed by atoms with van der Waals surface area (Å²) in [6.45, 7) is 0.0174. The predicted molar refractivity (Wildman–Crippen MR) is 69.0 cm³/mol. The Kier molecular flexibility index (Phi) is 4.60. The molecule has 1 aliphatic carbocycles. The summed E-state index contributed by atoms with van der Waals surface area (Å²) in [5, 5.41) is 18.3. The maximum Gasteiger partial charge on any atom is 0.120 e. The van der Waals surface area contributed by atoms with Crippen LogP contribution in [0, 0.1) is 17.2 Å². The molecule has 1 saturated carbocycles. The van der Waals surface area contributed by atoms with E-state index in [-0.39, 0.29) is 18.6 Å². The van der Waals surface area contributed by atoms with E-state index in [1.165, 1.54) is 6.42 Å². The lowest BCUT2D eigenvalue weighted by molar-refractivity contribution is 0.151. The predicted octanol–water partition coefficient (Wildman–Crippen LogP) is 3.03. The van der Waals surface area contributed by atoms with Crippen molar-refractivity contribution >= 4 is 0 Å². The smallest absolute Gasteiger partial charge is 0.120 e. The molecule has 3 heteroatoms. The molecule has 1 aliphatic rings. The lowest BCUT2D eigenvalue weighted by Crippen LogP contribution is -2.24. The molecule has 0 aromatic heterocycles. The highest BCUT2D eigenvalue weighted by atomic mass is 16.5. The van der Waals surface area contributed by atoms with Crippen LogP contribution in [0.25, 0.3) is 0 Å². The van der Waals surface area contributed by atoms with Crippen molar-refractivity contribution in [2.24, 2.45) is 5.92 Å². The first kappa shape index (κ1) is 12.9. The monoisotopic (exact) mass is 245 g/mol. The molecule has 2 atom stereocenters. The fourth-order valence-corrected chi connectivity index (χ4v) is 2.45. The molecule has 3 nitrogen and oxygen atoms in total. The number of hydrogen-bond acceptors (Lipinski definition) is 3. The molecule has 0 aliphatic heterocycles. The van der Waals surface area contributed by atoms with Gasteiger partial charge in [0.1, 0.15) is 11.9 Å². The van der Waals surface area contributed by atoms with Gasteiger partial charge in [-0.25, -0.2) is 0 Å². The highest BCUT2D eigenvalue weighted by Crippen LogP contribution is 2.27. The SMILES string of the molecule is N#CC1CCCCCC1Oc1cccc(CO)c1. The van der Waals surface area contributed by atoms with Crippen molar-refractivity contribution in [3.8, 4) is 11.8 Å². The molecule has 2 unspecified atom stereocenters. The molecule has 0 radical (unpaired) electrons. The van der Waals surface area contributed by atoms with Crippen molar-refractivity contribution < 1.29 is 9.84 Å². The summed E-state index contributed by atoms with van der Waals surface area (Å²) in [5.74, 6) is 0.749. The van der Waals surface area contributed by atoms with Crippen molar-refractivity contribution in [2.75, 3.05) is 0 Å². The minimum Gasteiger partial charge on any atom is -0.489 e. The van der Waals surface area contributed by atoms with Crippen LogP contribution in [0.4, 0.5) is 0 Å². The molecule has 1 aromatic carbocycles. The van der Waals surface area contributed by atoms with Gasteiger partial charge in [-0.1, -0.05) is 25.0 Å². The molecule has 0 spiro atoms. The Morgan fingerprint density at radius 1 is 1.28 bits per heavy atom. The van der Waals surface area contributed by atoms with Gasteiger partial charge in [-0.2, -0.15) is 5.26 Å². The van der Waals surface area contributed by atoms with Crippen LogP contribution < -0.4 is 4.74 Å². The molecule has 1 fully saturated rings. The first-order chi connectivity index (χ1) is 8.83. The molecular formula is C15H19NO2. The van der Waals surface area contributed by atoms with Gasteiger partial charge in [0, 0.05) is 0 Å². The Hall–Kier alpha value is -1.53. The van der Waals surface area contributed by atoms with Gasteiger partial charge in [0.05, 0.1) is 18.6 Å². The highest BCUT2D eigenvalue weighted by Gasteiger charge is 2.25. The highest BCUT2D eigenvalue weighted by molar-refractivity contribution is 5.28. The third kappa shape index (κ3) is 3.24. The Morgan fingerprint density at radius 2 is 2.11 bits per heavy atom. The molecule has 96 valence electrons. The quantitative estimate of drug-likeness (QED) is 0.833. The second-order valence-corrected chi connectivity index (χ2v) is 4.84. The molecule has 0 heterocycles. The van der Waals surface area contributed by atoms with Crippen molar-refractivity contribution in [1.29, 1.82) is 5.26 Å². The molecule has 1 aromatic rings. The van der Waals surface area contributed by atoms with Crippen molar-refractivity contribution in [3.63, 3.8) is 0 Å². The fourth-order valence-electron chi connectivity index (χ4n) is 2.45. The number of aliphatic hydroxyl groups is 1. The maximum atomic E-state index is 9.20. The van der Waals surface area contributed by atoms with E-state index >= 15 is 0 Å². The van der Waals surface area contributed by atoms with Gasteiger partial charge in [0.15, 0.2) is 0 Å². The maximum absolute atomic E-state index is 9.20. The molecule has 0 amide bonds. The number of rotatable bonds is 3. The van der Waals surface area contributed by atoms with Gasteiger partial charge < -0.3 is 9.84 Å². The zero-order valence-corrected chi connectivity index (χ0v) is 10.5. The number of nitriles is 1. The first-order valence-electron chi connectivity index (χ1n) is 6.59. The average Bonchev–Trinajstić information content (AvgIpc) is 2.64. The van der Waals surface area contributed by atoms with Crippen LogP contribution in [0.5, 0.6) is 5.75 Å². The summed E-state index contributed by atoms with van der Waals surface area (Å²) < 4.78 is 5.95. The summed E-state index contributed by atoms with van der Waals surface area (Å²) in [4.78, 5) is 0. The average molecular weight is 245 g/mol. The topological polar surface area (TPSA) is 53.2 Å². The van der Waals surface area contributed by atoms with Crippen LogP contribution in [0.1, 0.15) is 37.7 Å². The third-order valence-electron chi connectivity index (χ3n) is 3.49.